The van der Waals surface area contributed by atoms with Crippen molar-refractivity contribution in [2.75, 3.05) is 13.1 Å². The molecule has 2 heterocycles. The summed E-state index contributed by atoms with van der Waals surface area (Å²) in [6.07, 6.45) is 3.42. The van der Waals surface area contributed by atoms with Crippen LogP contribution in [0.25, 0.3) is 0 Å². The van der Waals surface area contributed by atoms with Gasteiger partial charge in [-0.2, -0.15) is 0 Å². The van der Waals surface area contributed by atoms with Crippen molar-refractivity contribution in [1.82, 2.24) is 19.8 Å². The van der Waals surface area contributed by atoms with E-state index in [-0.39, 0.29) is 24.4 Å². The van der Waals surface area contributed by atoms with Gasteiger partial charge in [0.15, 0.2) is 0 Å². The van der Waals surface area contributed by atoms with Crippen molar-refractivity contribution >= 4 is 18.3 Å². The molecule has 1 aromatic rings. The van der Waals surface area contributed by atoms with Gasteiger partial charge in [-0.15, -0.1) is 12.4 Å². The monoisotopic (exact) mass is 258 g/mol. The maximum absolute atomic E-state index is 12.2. The van der Waals surface area contributed by atoms with E-state index in [0.717, 1.165) is 13.1 Å². The number of hydrogen-bond donors (Lipinski definition) is 1. The van der Waals surface area contributed by atoms with Crippen LogP contribution in [-0.2, 0) is 7.05 Å². The van der Waals surface area contributed by atoms with Crippen LogP contribution < -0.4 is 5.32 Å². The van der Waals surface area contributed by atoms with Crippen molar-refractivity contribution in [2.24, 2.45) is 7.05 Å². The lowest BCUT2D eigenvalue weighted by molar-refractivity contribution is 0.0597. The minimum atomic E-state index is 0. The Morgan fingerprint density at radius 3 is 2.82 bits per heavy atom. The average Bonchev–Trinajstić information content (AvgIpc) is 2.68. The summed E-state index contributed by atoms with van der Waals surface area (Å²) < 4.78 is 1.80. The molecule has 0 aliphatic carbocycles. The number of amides is 1. The van der Waals surface area contributed by atoms with E-state index in [1.165, 1.54) is 0 Å². The lowest BCUT2D eigenvalue weighted by Gasteiger charge is -2.38. The maximum atomic E-state index is 12.2. The lowest BCUT2D eigenvalue weighted by atomic mass is 10.1. The zero-order valence-electron chi connectivity index (χ0n) is 10.4. The second-order valence-corrected chi connectivity index (χ2v) is 4.41. The minimum absolute atomic E-state index is 0. The number of rotatable bonds is 1. The van der Waals surface area contributed by atoms with E-state index in [2.05, 4.69) is 24.1 Å². The third kappa shape index (κ3) is 2.79. The Morgan fingerprint density at radius 2 is 2.24 bits per heavy atom. The molecule has 1 fully saturated rings. The van der Waals surface area contributed by atoms with Crippen LogP contribution in [0.2, 0.25) is 0 Å². The van der Waals surface area contributed by atoms with Crippen molar-refractivity contribution in [2.45, 2.75) is 25.9 Å². The number of carbonyl (C=O) groups excluding carboxylic acids is 1. The van der Waals surface area contributed by atoms with Crippen molar-refractivity contribution in [3.8, 4) is 0 Å². The highest BCUT2D eigenvalue weighted by Gasteiger charge is 2.29. The fraction of sp³-hybridized carbons (Fsp3) is 0.636. The molecule has 5 nitrogen and oxygen atoms in total. The van der Waals surface area contributed by atoms with Crippen molar-refractivity contribution in [3.05, 3.63) is 18.2 Å². The van der Waals surface area contributed by atoms with E-state index in [4.69, 9.17) is 0 Å². The number of carbonyl (C=O) groups is 1. The molecule has 0 aromatic carbocycles. The van der Waals surface area contributed by atoms with Crippen LogP contribution in [0.1, 0.15) is 24.3 Å². The van der Waals surface area contributed by atoms with Crippen LogP contribution in [0, 0.1) is 0 Å². The van der Waals surface area contributed by atoms with Crippen LogP contribution in [0.5, 0.6) is 0 Å². The number of aryl methyl sites for hydroxylation is 1. The molecule has 0 radical (unpaired) electrons. The molecule has 2 unspecified atom stereocenters. The number of nitrogens with zero attached hydrogens (tertiary/aromatic N) is 3. The third-order valence-corrected chi connectivity index (χ3v) is 3.22. The SMILES string of the molecule is CC1NCCN(C(=O)c2cn(C)cn2)C1C.Cl. The second-order valence-electron chi connectivity index (χ2n) is 4.41. The van der Waals surface area contributed by atoms with Crippen LogP contribution in [0.3, 0.4) is 0 Å². The summed E-state index contributed by atoms with van der Waals surface area (Å²) in [5.74, 6) is 0.0291. The summed E-state index contributed by atoms with van der Waals surface area (Å²) in [6.45, 7) is 5.77. The summed E-state index contributed by atoms with van der Waals surface area (Å²) in [6, 6.07) is 0.546. The zero-order chi connectivity index (χ0) is 11.7. The van der Waals surface area contributed by atoms with Crippen LogP contribution in [0.15, 0.2) is 12.5 Å². The number of aromatic nitrogens is 2. The van der Waals surface area contributed by atoms with E-state index in [0.29, 0.717) is 11.7 Å². The first kappa shape index (κ1) is 14.0. The van der Waals surface area contributed by atoms with Gasteiger partial charge >= 0.3 is 0 Å². The average molecular weight is 259 g/mol. The van der Waals surface area contributed by atoms with Crippen molar-refractivity contribution in [3.63, 3.8) is 0 Å². The number of nitrogens with one attached hydrogen (secondary N) is 1. The number of piperazine rings is 1. The summed E-state index contributed by atoms with van der Waals surface area (Å²) in [5, 5.41) is 3.35. The maximum Gasteiger partial charge on any atom is 0.274 e. The van der Waals surface area contributed by atoms with Gasteiger partial charge in [0, 0.05) is 38.4 Å². The number of hydrogen-bond acceptors (Lipinski definition) is 3. The van der Waals surface area contributed by atoms with Crippen molar-refractivity contribution < 1.29 is 4.79 Å². The first-order chi connectivity index (χ1) is 7.59. The number of imidazole rings is 1. The van der Waals surface area contributed by atoms with E-state index in [1.54, 1.807) is 17.1 Å². The van der Waals surface area contributed by atoms with Gasteiger partial charge in [0.05, 0.1) is 6.33 Å². The van der Waals surface area contributed by atoms with Gasteiger partial charge in [-0.1, -0.05) is 0 Å². The largest absolute Gasteiger partial charge is 0.340 e. The fourth-order valence-corrected chi connectivity index (χ4v) is 2.01. The van der Waals surface area contributed by atoms with Crippen LogP contribution in [0.4, 0.5) is 0 Å². The molecule has 2 atom stereocenters. The molecular formula is C11H19ClN4O. The van der Waals surface area contributed by atoms with E-state index >= 15 is 0 Å². The highest BCUT2D eigenvalue weighted by atomic mass is 35.5. The van der Waals surface area contributed by atoms with Gasteiger partial charge in [0.1, 0.15) is 5.69 Å². The fourth-order valence-electron chi connectivity index (χ4n) is 2.01. The molecule has 1 aliphatic rings. The molecule has 1 saturated heterocycles. The Kier molecular flexibility index (Phi) is 4.54. The van der Waals surface area contributed by atoms with Gasteiger partial charge < -0.3 is 14.8 Å². The zero-order valence-corrected chi connectivity index (χ0v) is 11.2. The quantitative estimate of drug-likeness (QED) is 0.805. The summed E-state index contributed by atoms with van der Waals surface area (Å²) in [5.41, 5.74) is 0.531. The predicted molar refractivity (Wildman–Crippen MR) is 68.4 cm³/mol. The van der Waals surface area contributed by atoms with Gasteiger partial charge in [-0.25, -0.2) is 4.98 Å². The number of halogens is 1. The Hall–Kier alpha value is -1.07. The first-order valence-electron chi connectivity index (χ1n) is 5.62. The first-order valence-corrected chi connectivity index (χ1v) is 5.62. The highest BCUT2D eigenvalue weighted by molar-refractivity contribution is 5.92. The molecule has 1 N–H and O–H groups in total. The predicted octanol–water partition coefficient (Wildman–Crippen LogP) is 0.664. The van der Waals surface area contributed by atoms with Gasteiger partial charge in [0.25, 0.3) is 5.91 Å². The van der Waals surface area contributed by atoms with Crippen LogP contribution >= 0.6 is 12.4 Å². The smallest absolute Gasteiger partial charge is 0.274 e. The molecule has 96 valence electrons. The van der Waals surface area contributed by atoms with E-state index in [1.807, 2.05) is 11.9 Å². The van der Waals surface area contributed by atoms with Crippen LogP contribution in [-0.4, -0.2) is 45.5 Å². The summed E-state index contributed by atoms with van der Waals surface area (Å²) in [7, 11) is 1.87. The summed E-state index contributed by atoms with van der Waals surface area (Å²) >= 11 is 0. The highest BCUT2D eigenvalue weighted by Crippen LogP contribution is 2.12. The van der Waals surface area contributed by atoms with Crippen molar-refractivity contribution in [1.29, 1.82) is 0 Å². The normalized spacial score (nSPS) is 24.3. The Labute approximate surface area is 108 Å². The molecular weight excluding hydrogens is 240 g/mol. The molecule has 1 amide bonds. The lowest BCUT2D eigenvalue weighted by Crippen LogP contribution is -2.57. The molecule has 6 heteroatoms. The minimum Gasteiger partial charge on any atom is -0.340 e. The standard InChI is InChI=1S/C11H18N4O.ClH/c1-8-9(2)15(5-4-12-8)11(16)10-6-14(3)7-13-10;/h6-9,12H,4-5H2,1-3H3;1H. The topological polar surface area (TPSA) is 50.2 Å². The molecule has 17 heavy (non-hydrogen) atoms. The summed E-state index contributed by atoms with van der Waals surface area (Å²) in [4.78, 5) is 18.2. The Balaban J connectivity index is 0.00000144. The molecule has 1 aromatic heterocycles. The second kappa shape index (κ2) is 5.51. The van der Waals surface area contributed by atoms with E-state index in [9.17, 15) is 4.79 Å². The molecule has 0 saturated carbocycles. The van der Waals surface area contributed by atoms with E-state index < -0.39 is 0 Å². The molecule has 0 spiro atoms. The van der Waals surface area contributed by atoms with Gasteiger partial charge in [-0.05, 0) is 13.8 Å². The third-order valence-electron chi connectivity index (χ3n) is 3.22. The Bertz CT molecular complexity index is 393. The molecule has 2 rings (SSSR count). The Morgan fingerprint density at radius 1 is 1.53 bits per heavy atom. The van der Waals surface area contributed by atoms with Gasteiger partial charge in [0.2, 0.25) is 0 Å². The molecule has 0 bridgehead atoms. The molecule has 1 aliphatic heterocycles. The van der Waals surface area contributed by atoms with Gasteiger partial charge in [-0.3, -0.25) is 4.79 Å².